The van der Waals surface area contributed by atoms with Gasteiger partial charge in [0.25, 0.3) is 10.0 Å². The molecule has 0 bridgehead atoms. The van der Waals surface area contributed by atoms with E-state index in [1.54, 1.807) is 12.1 Å². The number of hydrogen-bond acceptors (Lipinski definition) is 5. The van der Waals surface area contributed by atoms with Gasteiger partial charge in [0.1, 0.15) is 4.90 Å². The predicted octanol–water partition coefficient (Wildman–Crippen LogP) is 2.91. The number of carbonyl (C=O) groups excluding carboxylic acids is 1. The van der Waals surface area contributed by atoms with Crippen LogP contribution < -0.4 is 4.72 Å². The SMILES string of the molecule is COC(=O)c1cc(Br)ccc1S(=O)(=O)Nc1cccc(C#N)c1. The first-order valence-corrected chi connectivity index (χ1v) is 8.56. The van der Waals surface area contributed by atoms with Crippen LogP contribution in [0.3, 0.4) is 0 Å². The van der Waals surface area contributed by atoms with Crippen LogP contribution in [0.15, 0.2) is 51.8 Å². The molecule has 8 heteroatoms. The van der Waals surface area contributed by atoms with Crippen LogP contribution in [-0.4, -0.2) is 21.5 Å². The molecular formula is C15H11BrN2O4S. The van der Waals surface area contributed by atoms with Gasteiger partial charge in [0.15, 0.2) is 0 Å². The molecule has 0 spiro atoms. The molecule has 0 aliphatic carbocycles. The number of methoxy groups -OCH3 is 1. The van der Waals surface area contributed by atoms with Gasteiger partial charge in [0.05, 0.1) is 30.0 Å². The van der Waals surface area contributed by atoms with Gasteiger partial charge in [-0.05, 0) is 36.4 Å². The first kappa shape index (κ1) is 17.0. The van der Waals surface area contributed by atoms with Gasteiger partial charge in [-0.3, -0.25) is 4.72 Å². The largest absolute Gasteiger partial charge is 0.465 e. The molecule has 0 unspecified atom stereocenters. The molecule has 2 rings (SSSR count). The minimum atomic E-state index is -4.02. The monoisotopic (exact) mass is 394 g/mol. The summed E-state index contributed by atoms with van der Waals surface area (Å²) in [7, 11) is -2.85. The van der Waals surface area contributed by atoms with Gasteiger partial charge in [-0.1, -0.05) is 22.0 Å². The number of esters is 1. The van der Waals surface area contributed by atoms with E-state index in [0.29, 0.717) is 10.0 Å². The van der Waals surface area contributed by atoms with Gasteiger partial charge < -0.3 is 4.74 Å². The zero-order valence-electron chi connectivity index (χ0n) is 11.9. The highest BCUT2D eigenvalue weighted by Crippen LogP contribution is 2.24. The molecule has 2 aromatic rings. The van der Waals surface area contributed by atoms with Crippen LogP contribution in [0, 0.1) is 11.3 Å². The lowest BCUT2D eigenvalue weighted by molar-refractivity contribution is 0.0596. The van der Waals surface area contributed by atoms with E-state index in [1.807, 2.05) is 6.07 Å². The van der Waals surface area contributed by atoms with Crippen molar-refractivity contribution in [3.05, 3.63) is 58.1 Å². The third kappa shape index (κ3) is 3.88. The molecule has 0 fully saturated rings. The van der Waals surface area contributed by atoms with E-state index in [0.717, 1.165) is 0 Å². The first-order valence-electron chi connectivity index (χ1n) is 6.28. The van der Waals surface area contributed by atoms with Gasteiger partial charge >= 0.3 is 5.97 Å². The Bertz CT molecular complexity index is 904. The maximum absolute atomic E-state index is 12.5. The molecule has 2 aromatic carbocycles. The Kier molecular flexibility index (Phi) is 5.03. The minimum absolute atomic E-state index is 0.0918. The lowest BCUT2D eigenvalue weighted by atomic mass is 10.2. The molecule has 118 valence electrons. The van der Waals surface area contributed by atoms with Gasteiger partial charge in [-0.25, -0.2) is 13.2 Å². The second kappa shape index (κ2) is 6.81. The van der Waals surface area contributed by atoms with Crippen molar-refractivity contribution in [2.45, 2.75) is 4.90 Å². The van der Waals surface area contributed by atoms with Crippen LogP contribution in [0.1, 0.15) is 15.9 Å². The summed E-state index contributed by atoms with van der Waals surface area (Å²) in [6, 6.07) is 12.1. The van der Waals surface area contributed by atoms with Gasteiger partial charge in [-0.2, -0.15) is 5.26 Å². The van der Waals surface area contributed by atoms with E-state index >= 15 is 0 Å². The van der Waals surface area contributed by atoms with Crippen molar-refractivity contribution in [1.82, 2.24) is 0 Å². The number of rotatable bonds is 4. The summed E-state index contributed by atoms with van der Waals surface area (Å²) >= 11 is 3.19. The fraction of sp³-hybridized carbons (Fsp3) is 0.0667. The van der Waals surface area contributed by atoms with Crippen molar-refractivity contribution in [1.29, 1.82) is 5.26 Å². The number of nitrogens with one attached hydrogen (secondary N) is 1. The second-order valence-electron chi connectivity index (χ2n) is 4.43. The molecule has 0 aromatic heterocycles. The van der Waals surface area contributed by atoms with Crippen molar-refractivity contribution in [3.63, 3.8) is 0 Å². The summed E-state index contributed by atoms with van der Waals surface area (Å²) in [6.07, 6.45) is 0. The third-order valence-electron chi connectivity index (χ3n) is 2.88. The molecule has 23 heavy (non-hydrogen) atoms. The molecule has 0 amide bonds. The van der Waals surface area contributed by atoms with E-state index < -0.39 is 16.0 Å². The average Bonchev–Trinajstić information content (AvgIpc) is 2.53. The number of hydrogen-bond donors (Lipinski definition) is 1. The fourth-order valence-corrected chi connectivity index (χ4v) is 3.46. The summed E-state index contributed by atoms with van der Waals surface area (Å²) in [5.41, 5.74) is 0.447. The quantitative estimate of drug-likeness (QED) is 0.804. The zero-order valence-corrected chi connectivity index (χ0v) is 14.3. The Morgan fingerprint density at radius 1 is 1.26 bits per heavy atom. The predicted molar refractivity (Wildman–Crippen MR) is 87.4 cm³/mol. The number of nitrogens with zero attached hydrogens (tertiary/aromatic N) is 1. The lowest BCUT2D eigenvalue weighted by Crippen LogP contribution is -2.17. The standard InChI is InChI=1S/C15H11BrN2O4S/c1-22-15(19)13-8-11(16)5-6-14(13)23(20,21)18-12-4-2-3-10(7-12)9-17/h2-8,18H,1H3. The van der Waals surface area contributed by atoms with Crippen LogP contribution in [0.2, 0.25) is 0 Å². The maximum atomic E-state index is 12.5. The van der Waals surface area contributed by atoms with E-state index in [-0.39, 0.29) is 16.1 Å². The molecular weight excluding hydrogens is 384 g/mol. The van der Waals surface area contributed by atoms with Crippen LogP contribution in [0.5, 0.6) is 0 Å². The summed E-state index contributed by atoms with van der Waals surface area (Å²) < 4.78 is 32.6. The van der Waals surface area contributed by atoms with Crippen molar-refractivity contribution in [2.75, 3.05) is 11.8 Å². The summed E-state index contributed by atoms with van der Waals surface area (Å²) in [4.78, 5) is 11.6. The van der Waals surface area contributed by atoms with E-state index in [1.165, 1.54) is 37.4 Å². The Hall–Kier alpha value is -2.37. The van der Waals surface area contributed by atoms with Crippen molar-refractivity contribution >= 4 is 37.6 Å². The summed E-state index contributed by atoms with van der Waals surface area (Å²) in [5.74, 6) is -0.766. The van der Waals surface area contributed by atoms with Gasteiger partial charge in [0.2, 0.25) is 0 Å². The van der Waals surface area contributed by atoms with Crippen LogP contribution >= 0.6 is 15.9 Å². The zero-order chi connectivity index (χ0) is 17.0. The minimum Gasteiger partial charge on any atom is -0.465 e. The second-order valence-corrected chi connectivity index (χ2v) is 7.00. The van der Waals surface area contributed by atoms with Crippen molar-refractivity contribution in [2.24, 2.45) is 0 Å². The first-order chi connectivity index (χ1) is 10.9. The average molecular weight is 395 g/mol. The number of sulfonamides is 1. The molecule has 6 nitrogen and oxygen atoms in total. The van der Waals surface area contributed by atoms with Crippen LogP contribution in [0.25, 0.3) is 0 Å². The molecule has 0 saturated carbocycles. The molecule has 0 heterocycles. The molecule has 0 atom stereocenters. The number of anilines is 1. The molecule has 0 aliphatic rings. The van der Waals surface area contributed by atoms with Crippen molar-refractivity contribution in [3.8, 4) is 6.07 Å². The Balaban J connectivity index is 2.48. The topological polar surface area (TPSA) is 96.3 Å². The summed E-state index contributed by atoms with van der Waals surface area (Å²) in [6.45, 7) is 0. The van der Waals surface area contributed by atoms with E-state index in [9.17, 15) is 13.2 Å². The Morgan fingerprint density at radius 2 is 2.00 bits per heavy atom. The lowest BCUT2D eigenvalue weighted by Gasteiger charge is -2.12. The van der Waals surface area contributed by atoms with Crippen molar-refractivity contribution < 1.29 is 17.9 Å². The number of nitriles is 1. The number of carbonyl (C=O) groups is 1. The Morgan fingerprint density at radius 3 is 2.65 bits per heavy atom. The van der Waals surface area contributed by atoms with Crippen LogP contribution in [0.4, 0.5) is 5.69 Å². The smallest absolute Gasteiger partial charge is 0.339 e. The highest BCUT2D eigenvalue weighted by Gasteiger charge is 2.23. The van der Waals surface area contributed by atoms with Gasteiger partial charge in [-0.15, -0.1) is 0 Å². The van der Waals surface area contributed by atoms with E-state index in [2.05, 4.69) is 25.4 Å². The molecule has 1 N–H and O–H groups in total. The van der Waals surface area contributed by atoms with Gasteiger partial charge in [0, 0.05) is 4.47 Å². The Labute approximate surface area is 141 Å². The maximum Gasteiger partial charge on any atom is 0.339 e. The van der Waals surface area contributed by atoms with E-state index in [4.69, 9.17) is 5.26 Å². The summed E-state index contributed by atoms with van der Waals surface area (Å²) in [5, 5.41) is 8.86. The van der Waals surface area contributed by atoms with Crippen LogP contribution in [-0.2, 0) is 14.8 Å². The normalized spacial score (nSPS) is 10.7. The highest BCUT2D eigenvalue weighted by atomic mass is 79.9. The fourth-order valence-electron chi connectivity index (χ4n) is 1.87. The number of benzene rings is 2. The highest BCUT2D eigenvalue weighted by molar-refractivity contribution is 9.10. The molecule has 0 aliphatic heterocycles. The number of halogens is 1. The third-order valence-corrected chi connectivity index (χ3v) is 4.81. The molecule has 0 radical (unpaired) electrons. The molecule has 0 saturated heterocycles. The number of ether oxygens (including phenoxy) is 1.